The molecular formula is C15H26N4O. The lowest BCUT2D eigenvalue weighted by atomic mass is 9.83. The van der Waals surface area contributed by atoms with Crippen molar-refractivity contribution in [2.75, 3.05) is 5.73 Å². The van der Waals surface area contributed by atoms with Crippen LogP contribution in [0.1, 0.15) is 64.0 Å². The van der Waals surface area contributed by atoms with Crippen LogP contribution in [0.5, 0.6) is 0 Å². The Balaban J connectivity index is 1.64. The van der Waals surface area contributed by atoms with Crippen molar-refractivity contribution in [3.63, 3.8) is 0 Å². The molecule has 1 spiro atoms. The molecule has 2 heterocycles. The molecule has 2 aliphatic rings. The van der Waals surface area contributed by atoms with Crippen LogP contribution in [0, 0.1) is 0 Å². The summed E-state index contributed by atoms with van der Waals surface area (Å²) >= 11 is 0. The minimum absolute atomic E-state index is 0.181. The van der Waals surface area contributed by atoms with E-state index in [0.717, 1.165) is 31.5 Å². The summed E-state index contributed by atoms with van der Waals surface area (Å²) in [6.07, 6.45) is 11.1. The molecule has 1 aliphatic carbocycles. The normalized spacial score (nSPS) is 25.4. The largest absolute Gasteiger partial charge is 0.381 e. The second-order valence-electron chi connectivity index (χ2n) is 6.38. The van der Waals surface area contributed by atoms with Gasteiger partial charge in [-0.3, -0.25) is 0 Å². The Bertz CT molecular complexity index is 451. The molecule has 0 bridgehead atoms. The Hall–Kier alpha value is -1.10. The summed E-state index contributed by atoms with van der Waals surface area (Å²) < 4.78 is 8.37. The highest BCUT2D eigenvalue weighted by atomic mass is 16.5. The van der Waals surface area contributed by atoms with E-state index < -0.39 is 0 Å². The van der Waals surface area contributed by atoms with Gasteiger partial charge in [-0.05, 0) is 32.1 Å². The topological polar surface area (TPSA) is 66.0 Å². The molecule has 1 atom stereocenters. The molecule has 0 aromatic carbocycles. The predicted molar refractivity (Wildman–Crippen MR) is 78.4 cm³/mol. The Labute approximate surface area is 120 Å². The van der Waals surface area contributed by atoms with Gasteiger partial charge in [0.2, 0.25) is 0 Å². The standard InChI is InChI=1S/C15H26N4O/c1-2-6-13-14(16)17-18-19(13)11-12-7-10-15(20-12)8-4-3-5-9-15/h12H,2-11,16H2,1H3. The number of nitrogen functional groups attached to an aromatic ring is 1. The van der Waals surface area contributed by atoms with Crippen molar-refractivity contribution in [3.8, 4) is 0 Å². The van der Waals surface area contributed by atoms with E-state index in [0.29, 0.717) is 5.82 Å². The highest BCUT2D eigenvalue weighted by Gasteiger charge is 2.41. The van der Waals surface area contributed by atoms with Crippen molar-refractivity contribution < 1.29 is 4.74 Å². The van der Waals surface area contributed by atoms with Gasteiger partial charge in [0.25, 0.3) is 0 Å². The zero-order valence-electron chi connectivity index (χ0n) is 12.5. The highest BCUT2D eigenvalue weighted by Crippen LogP contribution is 2.42. The van der Waals surface area contributed by atoms with Crippen LogP contribution < -0.4 is 5.73 Å². The fraction of sp³-hybridized carbons (Fsp3) is 0.867. The molecule has 1 saturated heterocycles. The lowest BCUT2D eigenvalue weighted by molar-refractivity contribution is -0.0691. The molecule has 2 N–H and O–H groups in total. The molecular weight excluding hydrogens is 252 g/mol. The third-order valence-electron chi connectivity index (χ3n) is 4.83. The molecule has 5 nitrogen and oxygen atoms in total. The van der Waals surface area contributed by atoms with Crippen LogP contribution in [0.4, 0.5) is 5.82 Å². The average molecular weight is 278 g/mol. The van der Waals surface area contributed by atoms with Gasteiger partial charge in [-0.1, -0.05) is 37.8 Å². The fourth-order valence-corrected chi connectivity index (χ4v) is 3.77. The van der Waals surface area contributed by atoms with Crippen molar-refractivity contribution in [3.05, 3.63) is 5.69 Å². The van der Waals surface area contributed by atoms with Crippen LogP contribution >= 0.6 is 0 Å². The van der Waals surface area contributed by atoms with E-state index in [2.05, 4.69) is 17.2 Å². The van der Waals surface area contributed by atoms with Crippen molar-refractivity contribution in [1.82, 2.24) is 15.0 Å². The molecule has 5 heteroatoms. The summed E-state index contributed by atoms with van der Waals surface area (Å²) in [5.74, 6) is 0.581. The van der Waals surface area contributed by atoms with Crippen LogP contribution in [0.25, 0.3) is 0 Å². The minimum Gasteiger partial charge on any atom is -0.381 e. The Morgan fingerprint density at radius 3 is 2.85 bits per heavy atom. The smallest absolute Gasteiger partial charge is 0.169 e. The van der Waals surface area contributed by atoms with Crippen molar-refractivity contribution in [2.24, 2.45) is 0 Å². The first-order valence-corrected chi connectivity index (χ1v) is 8.08. The third-order valence-corrected chi connectivity index (χ3v) is 4.83. The first kappa shape index (κ1) is 13.9. The average Bonchev–Trinajstić information content (AvgIpc) is 2.99. The quantitative estimate of drug-likeness (QED) is 0.919. The van der Waals surface area contributed by atoms with Gasteiger partial charge in [0.05, 0.1) is 23.9 Å². The molecule has 1 aliphatic heterocycles. The SMILES string of the molecule is CCCc1c(N)nnn1CC1CCC2(CCCCC2)O1. The van der Waals surface area contributed by atoms with Gasteiger partial charge in [0.1, 0.15) is 0 Å². The lowest BCUT2D eigenvalue weighted by Crippen LogP contribution is -2.32. The summed E-state index contributed by atoms with van der Waals surface area (Å²) in [7, 11) is 0. The second kappa shape index (κ2) is 5.72. The molecule has 1 unspecified atom stereocenters. The maximum atomic E-state index is 6.41. The fourth-order valence-electron chi connectivity index (χ4n) is 3.77. The van der Waals surface area contributed by atoms with Crippen LogP contribution in [0.15, 0.2) is 0 Å². The minimum atomic E-state index is 0.181. The van der Waals surface area contributed by atoms with Crippen molar-refractivity contribution >= 4 is 5.82 Å². The number of anilines is 1. The molecule has 3 rings (SSSR count). The van der Waals surface area contributed by atoms with Gasteiger partial charge in [-0.15, -0.1) is 5.10 Å². The van der Waals surface area contributed by atoms with E-state index in [9.17, 15) is 0 Å². The molecule has 1 saturated carbocycles. The number of aromatic nitrogens is 3. The van der Waals surface area contributed by atoms with Crippen LogP contribution in [-0.4, -0.2) is 26.7 Å². The molecule has 2 fully saturated rings. The van der Waals surface area contributed by atoms with Crippen LogP contribution in [0.2, 0.25) is 0 Å². The van der Waals surface area contributed by atoms with E-state index in [1.54, 1.807) is 0 Å². The molecule has 1 aromatic rings. The van der Waals surface area contributed by atoms with E-state index in [1.165, 1.54) is 38.5 Å². The maximum absolute atomic E-state index is 6.41. The maximum Gasteiger partial charge on any atom is 0.169 e. The van der Waals surface area contributed by atoms with Crippen molar-refractivity contribution in [1.29, 1.82) is 0 Å². The second-order valence-corrected chi connectivity index (χ2v) is 6.38. The highest BCUT2D eigenvalue weighted by molar-refractivity contribution is 5.32. The summed E-state index contributed by atoms with van der Waals surface area (Å²) in [6, 6.07) is 0. The molecule has 0 radical (unpaired) electrons. The van der Waals surface area contributed by atoms with E-state index >= 15 is 0 Å². The molecule has 112 valence electrons. The molecule has 0 amide bonds. The summed E-state index contributed by atoms with van der Waals surface area (Å²) in [5.41, 5.74) is 7.15. The van der Waals surface area contributed by atoms with Gasteiger partial charge < -0.3 is 10.5 Å². The monoisotopic (exact) mass is 278 g/mol. The summed E-state index contributed by atoms with van der Waals surface area (Å²) in [4.78, 5) is 0. The molecule has 1 aromatic heterocycles. The number of nitrogens with zero attached hydrogens (tertiary/aromatic N) is 3. The van der Waals surface area contributed by atoms with Gasteiger partial charge in [0, 0.05) is 0 Å². The molecule has 20 heavy (non-hydrogen) atoms. The Morgan fingerprint density at radius 1 is 1.30 bits per heavy atom. The number of nitrogens with two attached hydrogens (primary N) is 1. The van der Waals surface area contributed by atoms with Gasteiger partial charge in [0.15, 0.2) is 5.82 Å². The summed E-state index contributed by atoms with van der Waals surface area (Å²) in [6.45, 7) is 2.96. The Kier molecular flexibility index (Phi) is 3.96. The van der Waals surface area contributed by atoms with E-state index in [4.69, 9.17) is 10.5 Å². The zero-order chi connectivity index (χ0) is 14.0. The lowest BCUT2D eigenvalue weighted by Gasteiger charge is -2.33. The van der Waals surface area contributed by atoms with Crippen molar-refractivity contribution in [2.45, 2.75) is 83.0 Å². The number of ether oxygens (including phenoxy) is 1. The van der Waals surface area contributed by atoms with E-state index in [-0.39, 0.29) is 11.7 Å². The van der Waals surface area contributed by atoms with Crippen LogP contribution in [-0.2, 0) is 17.7 Å². The summed E-state index contributed by atoms with van der Waals surface area (Å²) in [5, 5.41) is 8.21. The van der Waals surface area contributed by atoms with Gasteiger partial charge in [-0.25, -0.2) is 4.68 Å². The number of hydrogen-bond acceptors (Lipinski definition) is 4. The first-order valence-electron chi connectivity index (χ1n) is 8.08. The van der Waals surface area contributed by atoms with E-state index in [1.807, 2.05) is 4.68 Å². The zero-order valence-corrected chi connectivity index (χ0v) is 12.5. The van der Waals surface area contributed by atoms with Gasteiger partial charge in [-0.2, -0.15) is 0 Å². The van der Waals surface area contributed by atoms with Gasteiger partial charge >= 0.3 is 0 Å². The third kappa shape index (κ3) is 2.68. The Morgan fingerprint density at radius 2 is 2.10 bits per heavy atom. The number of hydrogen-bond donors (Lipinski definition) is 1. The first-order chi connectivity index (χ1) is 9.72. The van der Waals surface area contributed by atoms with Crippen LogP contribution in [0.3, 0.4) is 0 Å². The number of rotatable bonds is 4. The predicted octanol–water partition coefficient (Wildman–Crippen LogP) is 2.69.